The summed E-state index contributed by atoms with van der Waals surface area (Å²) in [6.07, 6.45) is 2.82. The molecule has 7 nitrogen and oxygen atoms in total. The van der Waals surface area contributed by atoms with E-state index in [9.17, 15) is 4.79 Å². The fourth-order valence-corrected chi connectivity index (χ4v) is 3.36. The number of nitrogens with one attached hydrogen (secondary N) is 1. The number of carbonyl (C=O) groups is 1. The smallest absolute Gasteiger partial charge is 0.220 e. The number of rotatable bonds is 8. The molecule has 3 rings (SSSR count). The first kappa shape index (κ1) is 20.9. The number of pyridine rings is 1. The van der Waals surface area contributed by atoms with E-state index in [1.54, 1.807) is 14.2 Å². The number of anilines is 1. The van der Waals surface area contributed by atoms with Gasteiger partial charge in [-0.3, -0.25) is 4.79 Å². The number of hydrogen-bond donors (Lipinski definition) is 1. The van der Waals surface area contributed by atoms with Gasteiger partial charge in [0.2, 0.25) is 5.91 Å². The van der Waals surface area contributed by atoms with Crippen LogP contribution in [0.3, 0.4) is 0 Å². The average Bonchev–Trinajstić information content (AvgIpc) is 2.77. The van der Waals surface area contributed by atoms with E-state index in [0.29, 0.717) is 19.4 Å². The summed E-state index contributed by atoms with van der Waals surface area (Å²) in [6.45, 7) is 4.57. The lowest BCUT2D eigenvalue weighted by molar-refractivity contribution is -0.121. The number of aromatic nitrogens is 1. The van der Waals surface area contributed by atoms with Gasteiger partial charge in [0.25, 0.3) is 0 Å². The Morgan fingerprint density at radius 3 is 2.55 bits per heavy atom. The summed E-state index contributed by atoms with van der Waals surface area (Å²) in [7, 11) is 5.40. The Morgan fingerprint density at radius 1 is 1.10 bits per heavy atom. The van der Waals surface area contributed by atoms with E-state index in [4.69, 9.17) is 9.47 Å². The second-order valence-electron chi connectivity index (χ2n) is 7.27. The maximum absolute atomic E-state index is 12.3. The molecule has 1 amide bonds. The molecule has 0 radical (unpaired) electrons. The van der Waals surface area contributed by atoms with E-state index < -0.39 is 0 Å². The highest BCUT2D eigenvalue weighted by Crippen LogP contribution is 2.25. The maximum Gasteiger partial charge on any atom is 0.220 e. The van der Waals surface area contributed by atoms with Crippen LogP contribution in [-0.2, 0) is 17.8 Å². The van der Waals surface area contributed by atoms with Crippen LogP contribution < -0.4 is 19.7 Å². The van der Waals surface area contributed by atoms with Gasteiger partial charge in [0.15, 0.2) is 0 Å². The average molecular weight is 399 g/mol. The van der Waals surface area contributed by atoms with Crippen molar-refractivity contribution in [2.75, 3.05) is 52.3 Å². The molecule has 29 heavy (non-hydrogen) atoms. The Balaban J connectivity index is 1.47. The van der Waals surface area contributed by atoms with Crippen molar-refractivity contribution in [2.45, 2.75) is 19.4 Å². The fraction of sp³-hybridized carbons (Fsp3) is 0.455. The van der Waals surface area contributed by atoms with Gasteiger partial charge in [-0.15, -0.1) is 0 Å². The molecule has 1 fully saturated rings. The first-order chi connectivity index (χ1) is 14.1. The van der Waals surface area contributed by atoms with Crippen LogP contribution in [-0.4, -0.2) is 63.2 Å². The highest BCUT2D eigenvalue weighted by Gasteiger charge is 2.15. The number of nitrogens with zero attached hydrogens (tertiary/aromatic N) is 3. The van der Waals surface area contributed by atoms with Crippen molar-refractivity contribution in [3.63, 3.8) is 0 Å². The number of aryl methyl sites for hydroxylation is 1. The third-order valence-corrected chi connectivity index (χ3v) is 5.24. The highest BCUT2D eigenvalue weighted by atomic mass is 16.5. The van der Waals surface area contributed by atoms with E-state index in [1.165, 1.54) is 0 Å². The van der Waals surface area contributed by atoms with Crippen LogP contribution in [0.2, 0.25) is 0 Å². The lowest BCUT2D eigenvalue weighted by atomic mass is 10.1. The van der Waals surface area contributed by atoms with Gasteiger partial charge in [-0.1, -0.05) is 6.07 Å². The van der Waals surface area contributed by atoms with Crippen LogP contribution in [0.15, 0.2) is 36.5 Å². The topological polar surface area (TPSA) is 66.9 Å². The van der Waals surface area contributed by atoms with Crippen molar-refractivity contribution in [2.24, 2.45) is 0 Å². The minimum absolute atomic E-state index is 0.00184. The molecule has 1 saturated heterocycles. The first-order valence-electron chi connectivity index (χ1n) is 9.95. The van der Waals surface area contributed by atoms with Crippen molar-refractivity contribution in [1.29, 1.82) is 0 Å². The van der Waals surface area contributed by atoms with Gasteiger partial charge in [-0.2, -0.15) is 0 Å². The van der Waals surface area contributed by atoms with Crippen molar-refractivity contribution in [1.82, 2.24) is 15.2 Å². The predicted molar refractivity (Wildman–Crippen MR) is 114 cm³/mol. The van der Waals surface area contributed by atoms with Crippen molar-refractivity contribution >= 4 is 11.7 Å². The van der Waals surface area contributed by atoms with Gasteiger partial charge >= 0.3 is 0 Å². The third-order valence-electron chi connectivity index (χ3n) is 5.24. The van der Waals surface area contributed by atoms with Crippen LogP contribution >= 0.6 is 0 Å². The second-order valence-corrected chi connectivity index (χ2v) is 7.27. The molecule has 0 bridgehead atoms. The summed E-state index contributed by atoms with van der Waals surface area (Å²) in [5, 5.41) is 2.97. The molecule has 0 saturated carbocycles. The molecular formula is C22H30N4O3. The molecule has 0 unspecified atom stereocenters. The molecule has 1 aliphatic heterocycles. The third kappa shape index (κ3) is 5.84. The number of amides is 1. The summed E-state index contributed by atoms with van der Waals surface area (Å²) in [4.78, 5) is 21.5. The number of ether oxygens (including phenoxy) is 2. The van der Waals surface area contributed by atoms with Gasteiger partial charge in [0, 0.05) is 45.3 Å². The molecule has 2 heterocycles. The molecule has 156 valence electrons. The van der Waals surface area contributed by atoms with E-state index >= 15 is 0 Å². The molecule has 0 aliphatic carbocycles. The molecular weight excluding hydrogens is 368 g/mol. The predicted octanol–water partition coefficient (Wildman–Crippen LogP) is 2.10. The highest BCUT2D eigenvalue weighted by molar-refractivity contribution is 5.76. The van der Waals surface area contributed by atoms with Crippen LogP contribution in [0.25, 0.3) is 0 Å². The quantitative estimate of drug-likeness (QED) is 0.735. The Labute approximate surface area is 172 Å². The minimum atomic E-state index is -0.00184. The lowest BCUT2D eigenvalue weighted by Crippen LogP contribution is -2.44. The number of hydrogen-bond acceptors (Lipinski definition) is 6. The second kappa shape index (κ2) is 10.1. The Kier molecular flexibility index (Phi) is 7.30. The van der Waals surface area contributed by atoms with Crippen molar-refractivity contribution < 1.29 is 14.3 Å². The fourth-order valence-electron chi connectivity index (χ4n) is 3.36. The Bertz CT molecular complexity index is 802. The number of likely N-dealkylation sites (N-methyl/N-ethyl adjacent to an activating group) is 1. The van der Waals surface area contributed by atoms with Crippen molar-refractivity contribution in [3.8, 4) is 11.5 Å². The molecule has 2 aromatic rings. The van der Waals surface area contributed by atoms with Crippen LogP contribution in [0, 0.1) is 0 Å². The standard InChI is InChI=1S/C22H30N4O3/c1-25-10-12-26(13-11-25)21-8-4-17(15-23-21)16-24-22(27)9-5-18-14-19(28-2)6-7-20(18)29-3/h4,6-8,14-15H,5,9-13,16H2,1-3H3,(H,24,27). The molecule has 1 aliphatic rings. The zero-order valence-corrected chi connectivity index (χ0v) is 17.5. The van der Waals surface area contributed by atoms with Gasteiger partial charge < -0.3 is 24.6 Å². The first-order valence-corrected chi connectivity index (χ1v) is 9.95. The summed E-state index contributed by atoms with van der Waals surface area (Å²) in [5.41, 5.74) is 1.95. The number of carbonyl (C=O) groups excluding carboxylic acids is 1. The van der Waals surface area contributed by atoms with Gasteiger partial charge in [-0.25, -0.2) is 4.98 Å². The van der Waals surface area contributed by atoms with E-state index in [0.717, 1.165) is 54.6 Å². The SMILES string of the molecule is COc1ccc(OC)c(CCC(=O)NCc2ccc(N3CCN(C)CC3)nc2)c1. The maximum atomic E-state index is 12.3. The minimum Gasteiger partial charge on any atom is -0.497 e. The number of piperazine rings is 1. The molecule has 1 N–H and O–H groups in total. The van der Waals surface area contributed by atoms with Crippen LogP contribution in [0.4, 0.5) is 5.82 Å². The lowest BCUT2D eigenvalue weighted by Gasteiger charge is -2.33. The zero-order valence-electron chi connectivity index (χ0n) is 17.5. The summed E-state index contributed by atoms with van der Waals surface area (Å²) >= 11 is 0. The van der Waals surface area contributed by atoms with Gasteiger partial charge in [0.05, 0.1) is 14.2 Å². The summed E-state index contributed by atoms with van der Waals surface area (Å²) < 4.78 is 10.6. The van der Waals surface area contributed by atoms with Crippen molar-refractivity contribution in [3.05, 3.63) is 47.7 Å². The van der Waals surface area contributed by atoms with E-state index in [-0.39, 0.29) is 5.91 Å². The summed E-state index contributed by atoms with van der Waals surface area (Å²) in [5.74, 6) is 2.52. The van der Waals surface area contributed by atoms with Gasteiger partial charge in [-0.05, 0) is 48.9 Å². The van der Waals surface area contributed by atoms with Gasteiger partial charge in [0.1, 0.15) is 17.3 Å². The Hall–Kier alpha value is -2.80. The molecule has 0 spiro atoms. The number of benzene rings is 1. The largest absolute Gasteiger partial charge is 0.497 e. The summed E-state index contributed by atoms with van der Waals surface area (Å²) in [6, 6.07) is 9.69. The monoisotopic (exact) mass is 398 g/mol. The van der Waals surface area contributed by atoms with E-state index in [1.807, 2.05) is 36.5 Å². The van der Waals surface area contributed by atoms with E-state index in [2.05, 4.69) is 27.1 Å². The molecule has 1 aromatic carbocycles. The number of methoxy groups -OCH3 is 2. The zero-order chi connectivity index (χ0) is 20.6. The Morgan fingerprint density at radius 2 is 1.90 bits per heavy atom. The van der Waals surface area contributed by atoms with Crippen LogP contribution in [0.5, 0.6) is 11.5 Å². The molecule has 1 aromatic heterocycles. The normalized spacial score (nSPS) is 14.5. The van der Waals surface area contributed by atoms with Crippen LogP contribution in [0.1, 0.15) is 17.5 Å². The molecule has 7 heteroatoms. The molecule has 0 atom stereocenters.